The van der Waals surface area contributed by atoms with E-state index < -0.39 is 0 Å². The van der Waals surface area contributed by atoms with E-state index in [2.05, 4.69) is 0 Å². The standard InChI is InChI=1S/C22H29NO4/c1-17(24)27-20(18-10-6-5-7-11-18)12-8-3-4-9-15-26-21-14-13-19(23)16-22(21)25-2/h5-7,10-11,13-14,16,20H,3-4,8-9,12,15,23H2,1-2H3. The maximum Gasteiger partial charge on any atom is 0.303 e. The number of hydrogen-bond acceptors (Lipinski definition) is 5. The molecule has 0 heterocycles. The van der Waals surface area contributed by atoms with Gasteiger partial charge in [0, 0.05) is 18.7 Å². The van der Waals surface area contributed by atoms with Gasteiger partial charge in [0.25, 0.3) is 0 Å². The molecule has 0 saturated carbocycles. The summed E-state index contributed by atoms with van der Waals surface area (Å²) < 4.78 is 16.5. The highest BCUT2D eigenvalue weighted by Crippen LogP contribution is 2.29. The molecule has 1 atom stereocenters. The van der Waals surface area contributed by atoms with Crippen molar-refractivity contribution in [2.24, 2.45) is 0 Å². The van der Waals surface area contributed by atoms with Crippen LogP contribution in [0.2, 0.25) is 0 Å². The maximum atomic E-state index is 11.4. The summed E-state index contributed by atoms with van der Waals surface area (Å²) in [5, 5.41) is 0. The van der Waals surface area contributed by atoms with Gasteiger partial charge in [0.2, 0.25) is 0 Å². The smallest absolute Gasteiger partial charge is 0.303 e. The monoisotopic (exact) mass is 371 g/mol. The van der Waals surface area contributed by atoms with Crippen molar-refractivity contribution in [3.05, 3.63) is 54.1 Å². The van der Waals surface area contributed by atoms with E-state index in [9.17, 15) is 4.79 Å². The van der Waals surface area contributed by atoms with Gasteiger partial charge in [0.05, 0.1) is 13.7 Å². The first kappa shape index (κ1) is 20.6. The molecule has 2 N–H and O–H groups in total. The van der Waals surface area contributed by atoms with Crippen LogP contribution in [0.3, 0.4) is 0 Å². The van der Waals surface area contributed by atoms with E-state index in [1.165, 1.54) is 6.92 Å². The molecule has 0 spiro atoms. The first-order valence-electron chi connectivity index (χ1n) is 9.38. The van der Waals surface area contributed by atoms with E-state index in [1.807, 2.05) is 36.4 Å². The summed E-state index contributed by atoms with van der Waals surface area (Å²) in [7, 11) is 1.61. The second kappa shape index (κ2) is 11.1. The molecule has 146 valence electrons. The summed E-state index contributed by atoms with van der Waals surface area (Å²) in [5.74, 6) is 1.13. The lowest BCUT2D eigenvalue weighted by molar-refractivity contribution is -0.147. The molecule has 27 heavy (non-hydrogen) atoms. The molecular formula is C22H29NO4. The van der Waals surface area contributed by atoms with Crippen molar-refractivity contribution in [1.82, 2.24) is 0 Å². The van der Waals surface area contributed by atoms with E-state index in [-0.39, 0.29) is 12.1 Å². The Bertz CT molecular complexity index is 703. The average Bonchev–Trinajstić information content (AvgIpc) is 2.67. The highest BCUT2D eigenvalue weighted by atomic mass is 16.5. The molecule has 0 saturated heterocycles. The Hall–Kier alpha value is -2.69. The summed E-state index contributed by atoms with van der Waals surface area (Å²) in [6.45, 7) is 2.09. The number of rotatable bonds is 11. The zero-order valence-corrected chi connectivity index (χ0v) is 16.1. The van der Waals surface area contributed by atoms with Crippen LogP contribution in [0.4, 0.5) is 5.69 Å². The number of ether oxygens (including phenoxy) is 3. The predicted molar refractivity (Wildman–Crippen MR) is 107 cm³/mol. The lowest BCUT2D eigenvalue weighted by atomic mass is 10.0. The molecule has 0 aromatic heterocycles. The Morgan fingerprint density at radius 3 is 2.44 bits per heavy atom. The van der Waals surface area contributed by atoms with Crippen LogP contribution in [0.15, 0.2) is 48.5 Å². The van der Waals surface area contributed by atoms with Gasteiger partial charge in [0.1, 0.15) is 6.10 Å². The quantitative estimate of drug-likeness (QED) is 0.345. The lowest BCUT2D eigenvalue weighted by Gasteiger charge is -2.17. The normalized spacial score (nSPS) is 11.6. The highest BCUT2D eigenvalue weighted by molar-refractivity contribution is 5.66. The second-order valence-corrected chi connectivity index (χ2v) is 6.47. The van der Waals surface area contributed by atoms with Crippen LogP contribution in [-0.4, -0.2) is 19.7 Å². The molecular weight excluding hydrogens is 342 g/mol. The number of carbonyl (C=O) groups is 1. The van der Waals surface area contributed by atoms with Gasteiger partial charge < -0.3 is 19.9 Å². The van der Waals surface area contributed by atoms with Crippen molar-refractivity contribution in [3.63, 3.8) is 0 Å². The Balaban J connectivity index is 1.68. The number of esters is 1. The van der Waals surface area contributed by atoms with E-state index in [4.69, 9.17) is 19.9 Å². The highest BCUT2D eigenvalue weighted by Gasteiger charge is 2.14. The fourth-order valence-electron chi connectivity index (χ4n) is 2.93. The van der Waals surface area contributed by atoms with Crippen LogP contribution in [0.1, 0.15) is 50.7 Å². The molecule has 0 radical (unpaired) electrons. The minimum absolute atomic E-state index is 0.168. The maximum absolute atomic E-state index is 11.4. The molecule has 0 aliphatic heterocycles. The van der Waals surface area contributed by atoms with E-state index in [0.717, 1.165) is 37.7 Å². The second-order valence-electron chi connectivity index (χ2n) is 6.47. The average molecular weight is 371 g/mol. The number of benzene rings is 2. The van der Waals surface area contributed by atoms with Gasteiger partial charge >= 0.3 is 5.97 Å². The minimum atomic E-state index is -0.241. The van der Waals surface area contributed by atoms with Crippen LogP contribution < -0.4 is 15.2 Å². The number of anilines is 1. The van der Waals surface area contributed by atoms with Crippen molar-refractivity contribution in [3.8, 4) is 11.5 Å². The van der Waals surface area contributed by atoms with Gasteiger partial charge in [-0.25, -0.2) is 0 Å². The van der Waals surface area contributed by atoms with Crippen molar-refractivity contribution in [2.75, 3.05) is 19.5 Å². The van der Waals surface area contributed by atoms with Gasteiger partial charge in [-0.15, -0.1) is 0 Å². The molecule has 0 fully saturated rings. The molecule has 5 nitrogen and oxygen atoms in total. The van der Waals surface area contributed by atoms with Crippen LogP contribution >= 0.6 is 0 Å². The van der Waals surface area contributed by atoms with Gasteiger partial charge in [-0.2, -0.15) is 0 Å². The number of nitrogens with two attached hydrogens (primary N) is 1. The third-order valence-corrected chi connectivity index (χ3v) is 4.29. The molecule has 5 heteroatoms. The number of methoxy groups -OCH3 is 1. The van der Waals surface area contributed by atoms with E-state index >= 15 is 0 Å². The lowest BCUT2D eigenvalue weighted by Crippen LogP contribution is -2.08. The van der Waals surface area contributed by atoms with E-state index in [1.54, 1.807) is 19.2 Å². The molecule has 2 rings (SSSR count). The van der Waals surface area contributed by atoms with Gasteiger partial charge in [-0.05, 0) is 37.0 Å². The Morgan fingerprint density at radius 1 is 1.00 bits per heavy atom. The third-order valence-electron chi connectivity index (χ3n) is 4.29. The molecule has 2 aromatic rings. The van der Waals surface area contributed by atoms with Crippen LogP contribution in [-0.2, 0) is 9.53 Å². The summed E-state index contributed by atoms with van der Waals surface area (Å²) in [4.78, 5) is 11.4. The number of nitrogen functional groups attached to an aromatic ring is 1. The number of hydrogen-bond donors (Lipinski definition) is 1. The molecule has 0 aliphatic rings. The largest absolute Gasteiger partial charge is 0.493 e. The predicted octanol–water partition coefficient (Wildman–Crippen LogP) is 4.91. The van der Waals surface area contributed by atoms with Crippen molar-refractivity contribution in [2.45, 2.75) is 45.1 Å². The van der Waals surface area contributed by atoms with Crippen molar-refractivity contribution >= 4 is 11.7 Å². The molecule has 0 amide bonds. The van der Waals surface area contributed by atoms with Crippen LogP contribution in [0.5, 0.6) is 11.5 Å². The topological polar surface area (TPSA) is 70.8 Å². The zero-order valence-electron chi connectivity index (χ0n) is 16.1. The van der Waals surface area contributed by atoms with Crippen LogP contribution in [0, 0.1) is 0 Å². The minimum Gasteiger partial charge on any atom is -0.493 e. The first-order valence-corrected chi connectivity index (χ1v) is 9.38. The van der Waals surface area contributed by atoms with Crippen molar-refractivity contribution in [1.29, 1.82) is 0 Å². The van der Waals surface area contributed by atoms with Gasteiger partial charge in [0.15, 0.2) is 11.5 Å². The SMILES string of the molecule is COc1cc(N)ccc1OCCCCCCC(OC(C)=O)c1ccccc1. The van der Waals surface area contributed by atoms with Crippen LogP contribution in [0.25, 0.3) is 0 Å². The Morgan fingerprint density at radius 2 is 1.74 bits per heavy atom. The molecule has 1 unspecified atom stereocenters. The Labute approximate surface area is 161 Å². The molecule has 0 aliphatic carbocycles. The zero-order chi connectivity index (χ0) is 19.5. The number of unbranched alkanes of at least 4 members (excludes halogenated alkanes) is 3. The van der Waals surface area contributed by atoms with Gasteiger partial charge in [-0.3, -0.25) is 4.79 Å². The summed E-state index contributed by atoms with van der Waals surface area (Å²) in [5.41, 5.74) is 7.44. The molecule has 2 aromatic carbocycles. The Kier molecular flexibility index (Phi) is 8.49. The van der Waals surface area contributed by atoms with Crippen molar-refractivity contribution < 1.29 is 19.0 Å². The fourth-order valence-corrected chi connectivity index (χ4v) is 2.93. The van der Waals surface area contributed by atoms with E-state index in [0.29, 0.717) is 23.8 Å². The van der Waals surface area contributed by atoms with Gasteiger partial charge in [-0.1, -0.05) is 43.2 Å². The third kappa shape index (κ3) is 7.21. The fraction of sp³-hybridized carbons (Fsp3) is 0.409. The first-order chi connectivity index (χ1) is 13.1. The summed E-state index contributed by atoms with van der Waals surface area (Å²) in [6.07, 6.45) is 4.73. The molecule has 0 bridgehead atoms. The summed E-state index contributed by atoms with van der Waals surface area (Å²) in [6, 6.07) is 15.3. The summed E-state index contributed by atoms with van der Waals surface area (Å²) >= 11 is 0. The number of carbonyl (C=O) groups excluding carboxylic acids is 1.